The van der Waals surface area contributed by atoms with E-state index in [1.165, 1.54) is 4.31 Å². The van der Waals surface area contributed by atoms with Crippen molar-refractivity contribution in [1.29, 1.82) is 0 Å². The van der Waals surface area contributed by atoms with Gasteiger partial charge in [0.15, 0.2) is 5.96 Å². The quantitative estimate of drug-likeness (QED) is 0.269. The van der Waals surface area contributed by atoms with Crippen LogP contribution in [0, 0.1) is 0 Å². The first kappa shape index (κ1) is 22.9. The van der Waals surface area contributed by atoms with Crippen LogP contribution < -0.4 is 11.1 Å². The first-order valence-corrected chi connectivity index (χ1v) is 9.69. The van der Waals surface area contributed by atoms with Crippen molar-refractivity contribution in [3.05, 3.63) is 42.0 Å². The number of piperazine rings is 1. The summed E-state index contributed by atoms with van der Waals surface area (Å²) < 4.78 is 27.5. The van der Waals surface area contributed by atoms with Crippen LogP contribution in [0.1, 0.15) is 12.5 Å². The summed E-state index contributed by atoms with van der Waals surface area (Å²) in [4.78, 5) is 6.67. The van der Waals surface area contributed by atoms with Gasteiger partial charge in [-0.15, -0.1) is 24.0 Å². The first-order chi connectivity index (χ1) is 11.8. The number of nitrogens with two attached hydrogens (primary N) is 1. The number of halogens is 1. The Morgan fingerprint density at radius 3 is 2.50 bits per heavy atom. The molecule has 2 rings (SSSR count). The Hall–Kier alpha value is -1.17. The van der Waals surface area contributed by atoms with Gasteiger partial charge in [0.25, 0.3) is 0 Å². The molecule has 0 amide bonds. The molecule has 1 aliphatic rings. The fourth-order valence-electron chi connectivity index (χ4n) is 2.52. The molecule has 0 saturated carbocycles. The van der Waals surface area contributed by atoms with E-state index in [0.29, 0.717) is 30.1 Å². The van der Waals surface area contributed by atoms with Crippen molar-refractivity contribution in [2.45, 2.75) is 18.4 Å². The van der Waals surface area contributed by atoms with Crippen molar-refractivity contribution in [3.8, 4) is 0 Å². The minimum atomic E-state index is -3.53. The van der Waals surface area contributed by atoms with Crippen molar-refractivity contribution in [3.63, 3.8) is 0 Å². The number of benzene rings is 1. The Kier molecular flexibility index (Phi) is 9.01. The Morgan fingerprint density at radius 1 is 1.27 bits per heavy atom. The lowest BCUT2D eigenvalue weighted by Gasteiger charge is -2.32. The van der Waals surface area contributed by atoms with Crippen molar-refractivity contribution < 1.29 is 8.42 Å². The molecule has 1 saturated heterocycles. The van der Waals surface area contributed by atoms with Gasteiger partial charge in [-0.05, 0) is 25.6 Å². The fraction of sp³-hybridized carbons (Fsp3) is 0.471. The molecule has 3 N–H and O–H groups in total. The second-order valence-electron chi connectivity index (χ2n) is 6.33. The van der Waals surface area contributed by atoms with Gasteiger partial charge in [0.1, 0.15) is 0 Å². The molecule has 1 heterocycles. The van der Waals surface area contributed by atoms with Crippen molar-refractivity contribution >= 4 is 40.0 Å². The van der Waals surface area contributed by atoms with Crippen LogP contribution in [0.5, 0.6) is 0 Å². The summed E-state index contributed by atoms with van der Waals surface area (Å²) in [6.45, 7) is 8.88. The van der Waals surface area contributed by atoms with E-state index in [-0.39, 0.29) is 36.5 Å². The molecule has 0 bridgehead atoms. The minimum Gasteiger partial charge on any atom is -0.370 e. The lowest BCUT2D eigenvalue weighted by Crippen LogP contribution is -2.47. The Bertz CT molecular complexity index is 743. The standard InChI is InChI=1S/C17H27N5O2S.HI/c1-14(2)12-19-17(18)20-13-15-6-4-5-7-16(15)25(23,24)22-10-8-21(3)9-11-22;/h4-7H,1,8-13H2,2-3H3,(H3,18,19,20);1H. The zero-order valence-corrected chi connectivity index (χ0v) is 18.5. The normalized spacial score (nSPS) is 16.8. The SMILES string of the molecule is C=C(C)CNC(N)=NCc1ccccc1S(=O)(=O)N1CCN(C)CC1.I. The zero-order valence-electron chi connectivity index (χ0n) is 15.3. The van der Waals surface area contributed by atoms with Crippen LogP contribution in [0.2, 0.25) is 0 Å². The second-order valence-corrected chi connectivity index (χ2v) is 8.23. The van der Waals surface area contributed by atoms with E-state index in [9.17, 15) is 8.42 Å². The zero-order chi connectivity index (χ0) is 18.4. The van der Waals surface area contributed by atoms with Crippen molar-refractivity contribution in [1.82, 2.24) is 14.5 Å². The molecule has 1 aromatic carbocycles. The maximum absolute atomic E-state index is 13.0. The smallest absolute Gasteiger partial charge is 0.243 e. The molecule has 1 aliphatic heterocycles. The monoisotopic (exact) mass is 493 g/mol. The molecule has 9 heteroatoms. The van der Waals surface area contributed by atoms with E-state index in [1.54, 1.807) is 18.2 Å². The highest BCUT2D eigenvalue weighted by atomic mass is 127. The number of likely N-dealkylation sites (N-methyl/N-ethyl adjacent to an activating group) is 1. The average Bonchev–Trinajstić information content (AvgIpc) is 2.58. The van der Waals surface area contributed by atoms with Gasteiger partial charge in [0.2, 0.25) is 10.0 Å². The number of nitrogens with zero attached hydrogens (tertiary/aromatic N) is 3. The van der Waals surface area contributed by atoms with Crippen LogP contribution in [-0.4, -0.2) is 63.4 Å². The van der Waals surface area contributed by atoms with Crippen molar-refractivity contribution in [2.24, 2.45) is 10.7 Å². The predicted molar refractivity (Wildman–Crippen MR) is 116 cm³/mol. The number of aliphatic imine (C=N–C) groups is 1. The van der Waals surface area contributed by atoms with E-state index in [1.807, 2.05) is 20.0 Å². The van der Waals surface area contributed by atoms with Gasteiger partial charge < -0.3 is 16.0 Å². The Balaban J connectivity index is 0.00000338. The number of rotatable bonds is 6. The molecule has 1 fully saturated rings. The first-order valence-electron chi connectivity index (χ1n) is 8.25. The molecule has 7 nitrogen and oxygen atoms in total. The molecule has 0 unspecified atom stereocenters. The highest BCUT2D eigenvalue weighted by Crippen LogP contribution is 2.22. The highest BCUT2D eigenvalue weighted by Gasteiger charge is 2.29. The Labute approximate surface area is 173 Å². The van der Waals surface area contributed by atoms with Gasteiger partial charge >= 0.3 is 0 Å². The molecular formula is C17H28IN5O2S. The number of nitrogens with one attached hydrogen (secondary N) is 1. The van der Waals surface area contributed by atoms with Crippen LogP contribution in [0.25, 0.3) is 0 Å². The number of hydrogen-bond donors (Lipinski definition) is 2. The largest absolute Gasteiger partial charge is 0.370 e. The van der Waals surface area contributed by atoms with Gasteiger partial charge in [0.05, 0.1) is 11.4 Å². The molecule has 0 radical (unpaired) electrons. The third-order valence-electron chi connectivity index (χ3n) is 4.04. The molecule has 0 aliphatic carbocycles. The van der Waals surface area contributed by atoms with Crippen LogP contribution in [-0.2, 0) is 16.6 Å². The van der Waals surface area contributed by atoms with Crippen LogP contribution >= 0.6 is 24.0 Å². The van der Waals surface area contributed by atoms with E-state index in [2.05, 4.69) is 21.8 Å². The van der Waals surface area contributed by atoms with Crippen LogP contribution in [0.15, 0.2) is 46.3 Å². The van der Waals surface area contributed by atoms with Gasteiger partial charge in [-0.25, -0.2) is 13.4 Å². The number of sulfonamides is 1. The molecule has 0 aromatic heterocycles. The van der Waals surface area contributed by atoms with E-state index >= 15 is 0 Å². The predicted octanol–water partition coefficient (Wildman–Crippen LogP) is 1.22. The highest BCUT2D eigenvalue weighted by molar-refractivity contribution is 14.0. The number of guanidine groups is 1. The molecule has 26 heavy (non-hydrogen) atoms. The van der Waals surface area contributed by atoms with E-state index in [4.69, 9.17) is 5.73 Å². The van der Waals surface area contributed by atoms with Crippen molar-refractivity contribution in [2.75, 3.05) is 39.8 Å². The molecule has 146 valence electrons. The summed E-state index contributed by atoms with van der Waals surface area (Å²) in [7, 11) is -1.53. The lowest BCUT2D eigenvalue weighted by molar-refractivity contribution is 0.222. The fourth-order valence-corrected chi connectivity index (χ4v) is 4.16. The summed E-state index contributed by atoms with van der Waals surface area (Å²) >= 11 is 0. The Morgan fingerprint density at radius 2 is 1.88 bits per heavy atom. The summed E-state index contributed by atoms with van der Waals surface area (Å²) in [6, 6.07) is 6.96. The third-order valence-corrected chi connectivity index (χ3v) is 6.04. The average molecular weight is 493 g/mol. The lowest BCUT2D eigenvalue weighted by atomic mass is 10.2. The maximum atomic E-state index is 13.0. The summed E-state index contributed by atoms with van der Waals surface area (Å²) in [5.41, 5.74) is 7.40. The maximum Gasteiger partial charge on any atom is 0.243 e. The molecule has 1 aromatic rings. The van der Waals surface area contributed by atoms with E-state index in [0.717, 1.165) is 18.7 Å². The summed E-state index contributed by atoms with van der Waals surface area (Å²) in [5, 5.41) is 2.94. The van der Waals surface area contributed by atoms with Gasteiger partial charge in [-0.2, -0.15) is 4.31 Å². The van der Waals surface area contributed by atoms with Crippen LogP contribution in [0.4, 0.5) is 0 Å². The number of hydrogen-bond acceptors (Lipinski definition) is 4. The van der Waals surface area contributed by atoms with Gasteiger partial charge in [-0.1, -0.05) is 30.4 Å². The summed E-state index contributed by atoms with van der Waals surface area (Å²) in [5.74, 6) is 0.273. The molecular weight excluding hydrogens is 465 g/mol. The van der Waals surface area contributed by atoms with E-state index < -0.39 is 10.0 Å². The van der Waals surface area contributed by atoms with Gasteiger partial charge in [0, 0.05) is 32.7 Å². The molecule has 0 atom stereocenters. The van der Waals surface area contributed by atoms with Crippen LogP contribution in [0.3, 0.4) is 0 Å². The topological polar surface area (TPSA) is 91.0 Å². The molecule has 0 spiro atoms. The second kappa shape index (κ2) is 10.2. The minimum absolute atomic E-state index is 0. The van der Waals surface area contributed by atoms with Gasteiger partial charge in [-0.3, -0.25) is 0 Å². The summed E-state index contributed by atoms with van der Waals surface area (Å²) in [6.07, 6.45) is 0. The third kappa shape index (κ3) is 6.22.